The van der Waals surface area contributed by atoms with Crippen LogP contribution in [-0.2, 0) is 14.3 Å². The van der Waals surface area contributed by atoms with E-state index < -0.39 is 0 Å². The van der Waals surface area contributed by atoms with Crippen molar-refractivity contribution in [3.05, 3.63) is 11.6 Å². The fourth-order valence-corrected chi connectivity index (χ4v) is 8.42. The van der Waals surface area contributed by atoms with Gasteiger partial charge >= 0.3 is 5.97 Å². The highest BCUT2D eigenvalue weighted by molar-refractivity contribution is 5.91. The molecule has 1 N–H and O–H groups in total. The topological polar surface area (TPSA) is 63.6 Å². The van der Waals surface area contributed by atoms with E-state index in [9.17, 15) is 9.59 Å². The molecule has 0 aliphatic heterocycles. The Hall–Kier alpha value is -1.16. The number of rotatable bonds is 10. The number of aliphatic hydroxyl groups excluding tert-OH is 1. The van der Waals surface area contributed by atoms with Crippen LogP contribution in [0.15, 0.2) is 11.6 Å². The minimum atomic E-state index is -0.126. The number of ether oxygens (including phenoxy) is 1. The van der Waals surface area contributed by atoms with Gasteiger partial charge in [-0.3, -0.25) is 9.59 Å². The smallest absolute Gasteiger partial charge is 0.302 e. The molecule has 4 heteroatoms. The van der Waals surface area contributed by atoms with Gasteiger partial charge in [-0.25, -0.2) is 0 Å². The van der Waals surface area contributed by atoms with Gasteiger partial charge in [0.15, 0.2) is 5.78 Å². The minimum absolute atomic E-state index is 0.0883. The first kappa shape index (κ1) is 24.9. The minimum Gasteiger partial charge on any atom is -0.462 e. The van der Waals surface area contributed by atoms with Crippen molar-refractivity contribution in [2.24, 2.45) is 35.0 Å². The average Bonchev–Trinajstić information content (AvgIpc) is 3.10. The number of unbranched alkanes of at least 4 members (excludes halogenated alkanes) is 6. The number of fused-ring (bicyclic) bond motifs is 5. The Morgan fingerprint density at radius 3 is 2.52 bits per heavy atom. The number of esters is 1. The molecule has 0 radical (unpaired) electrons. The van der Waals surface area contributed by atoms with Crippen molar-refractivity contribution in [1.29, 1.82) is 0 Å². The lowest BCUT2D eigenvalue weighted by atomic mass is 9.49. The molecule has 0 spiro atoms. The summed E-state index contributed by atoms with van der Waals surface area (Å²) in [6.45, 7) is 4.29. The van der Waals surface area contributed by atoms with E-state index >= 15 is 0 Å². The summed E-state index contributed by atoms with van der Waals surface area (Å²) in [4.78, 5) is 24.0. The molecule has 4 aliphatic carbocycles. The maximum absolute atomic E-state index is 12.2. The van der Waals surface area contributed by atoms with Crippen molar-refractivity contribution in [3.63, 3.8) is 0 Å². The largest absolute Gasteiger partial charge is 0.462 e. The first-order valence-corrected chi connectivity index (χ1v) is 14.0. The van der Waals surface area contributed by atoms with Crippen LogP contribution in [0.1, 0.15) is 110 Å². The number of ketones is 1. The van der Waals surface area contributed by atoms with E-state index in [0.29, 0.717) is 30.1 Å². The van der Waals surface area contributed by atoms with Crippen LogP contribution in [0.5, 0.6) is 0 Å². The Morgan fingerprint density at radius 2 is 1.79 bits per heavy atom. The molecule has 0 aromatic carbocycles. The van der Waals surface area contributed by atoms with E-state index in [0.717, 1.165) is 56.8 Å². The summed E-state index contributed by atoms with van der Waals surface area (Å²) in [7, 11) is 0. The number of hydrogen-bond donors (Lipinski definition) is 1. The number of carbonyl (C=O) groups is 2. The van der Waals surface area contributed by atoms with E-state index in [1.165, 1.54) is 56.9 Å². The van der Waals surface area contributed by atoms with Crippen LogP contribution < -0.4 is 0 Å². The molecule has 7 atom stereocenters. The van der Waals surface area contributed by atoms with Gasteiger partial charge in [0.2, 0.25) is 0 Å². The molecule has 0 aromatic heterocycles. The zero-order chi connectivity index (χ0) is 23.4. The van der Waals surface area contributed by atoms with Gasteiger partial charge in [-0.05, 0) is 87.0 Å². The molecule has 3 saturated carbocycles. The number of aliphatic hydroxyl groups is 1. The van der Waals surface area contributed by atoms with Crippen molar-refractivity contribution >= 4 is 11.8 Å². The van der Waals surface area contributed by atoms with Gasteiger partial charge in [0.25, 0.3) is 0 Å². The Labute approximate surface area is 200 Å². The summed E-state index contributed by atoms with van der Waals surface area (Å²) in [5.41, 5.74) is 1.60. The zero-order valence-electron chi connectivity index (χ0n) is 21.0. The Bertz CT molecular complexity index is 727. The molecule has 186 valence electrons. The summed E-state index contributed by atoms with van der Waals surface area (Å²) in [6.07, 6.45) is 19.4. The van der Waals surface area contributed by atoms with E-state index in [-0.39, 0.29) is 17.5 Å². The summed E-state index contributed by atoms with van der Waals surface area (Å²) < 4.78 is 5.86. The third-order valence-electron chi connectivity index (χ3n) is 9.92. The first-order chi connectivity index (χ1) is 15.9. The molecule has 4 rings (SSSR count). The lowest BCUT2D eigenvalue weighted by Gasteiger charge is -2.56. The quantitative estimate of drug-likeness (QED) is 0.304. The number of hydrogen-bond acceptors (Lipinski definition) is 4. The highest BCUT2D eigenvalue weighted by Crippen LogP contribution is 2.64. The van der Waals surface area contributed by atoms with Crippen LogP contribution in [0, 0.1) is 35.0 Å². The fourth-order valence-electron chi connectivity index (χ4n) is 8.42. The van der Waals surface area contributed by atoms with Gasteiger partial charge in [0.1, 0.15) is 6.10 Å². The van der Waals surface area contributed by atoms with Crippen molar-refractivity contribution in [2.45, 2.75) is 116 Å². The zero-order valence-corrected chi connectivity index (χ0v) is 21.0. The van der Waals surface area contributed by atoms with E-state index in [1.807, 2.05) is 6.08 Å². The monoisotopic (exact) mass is 458 g/mol. The third kappa shape index (κ3) is 5.41. The number of carbonyl (C=O) groups excluding carboxylic acids is 2. The second-order valence-electron chi connectivity index (χ2n) is 11.8. The normalized spacial score (nSPS) is 37.7. The molecule has 3 unspecified atom stereocenters. The molecule has 0 aromatic rings. The standard InChI is InChI=1S/C29H46O4/c1-20(31)33-27-14-13-26-28-21(10-8-6-4-3-5-7-9-17-30)18-22-19-23(32)11-12-24(22)25(28)15-16-29(26,27)2/h19,21,24-28,30H,3-18H2,1-2H3/t21-,24+,25?,26?,27+,28?,29+/m1/s1. The van der Waals surface area contributed by atoms with Crippen molar-refractivity contribution in [2.75, 3.05) is 6.61 Å². The van der Waals surface area contributed by atoms with Gasteiger partial charge in [0, 0.05) is 25.4 Å². The fraction of sp³-hybridized carbons (Fsp3) is 0.862. The molecule has 4 aliphatic rings. The third-order valence-corrected chi connectivity index (χ3v) is 9.92. The summed E-state index contributed by atoms with van der Waals surface area (Å²) in [5.74, 6) is 3.62. The van der Waals surface area contributed by atoms with Crippen LogP contribution in [0.3, 0.4) is 0 Å². The van der Waals surface area contributed by atoms with Crippen LogP contribution in [0.2, 0.25) is 0 Å². The molecule has 3 fully saturated rings. The van der Waals surface area contributed by atoms with E-state index in [2.05, 4.69) is 6.92 Å². The van der Waals surface area contributed by atoms with Gasteiger partial charge in [0.05, 0.1) is 0 Å². The Kier molecular flexibility index (Phi) is 8.36. The molecule has 0 heterocycles. The second kappa shape index (κ2) is 11.1. The summed E-state index contributed by atoms with van der Waals surface area (Å²) in [5, 5.41) is 8.94. The second-order valence-corrected chi connectivity index (χ2v) is 11.8. The van der Waals surface area contributed by atoms with E-state index in [1.54, 1.807) is 6.92 Å². The first-order valence-electron chi connectivity index (χ1n) is 14.0. The van der Waals surface area contributed by atoms with Crippen molar-refractivity contribution < 1.29 is 19.4 Å². The SMILES string of the molecule is CC(=O)O[C@H]1CCC2C3C(CC[C@@]21C)[C@H]1CCC(=O)C=C1C[C@H]3CCCCCCCCCO. The summed E-state index contributed by atoms with van der Waals surface area (Å²) in [6, 6.07) is 0. The van der Waals surface area contributed by atoms with Gasteiger partial charge in [-0.1, -0.05) is 51.0 Å². The molecular formula is C29H46O4. The highest BCUT2D eigenvalue weighted by Gasteiger charge is 2.59. The molecule has 0 amide bonds. The lowest BCUT2D eigenvalue weighted by Crippen LogP contribution is -2.51. The van der Waals surface area contributed by atoms with Crippen LogP contribution in [0.25, 0.3) is 0 Å². The van der Waals surface area contributed by atoms with Crippen LogP contribution in [0.4, 0.5) is 0 Å². The molecule has 0 bridgehead atoms. The molecule has 4 nitrogen and oxygen atoms in total. The van der Waals surface area contributed by atoms with Crippen LogP contribution in [-0.4, -0.2) is 29.6 Å². The maximum atomic E-state index is 12.2. The lowest BCUT2D eigenvalue weighted by molar-refractivity contribution is -0.157. The molecular weight excluding hydrogens is 412 g/mol. The number of allylic oxidation sites excluding steroid dienone is 1. The van der Waals surface area contributed by atoms with Gasteiger partial charge in [-0.15, -0.1) is 0 Å². The van der Waals surface area contributed by atoms with Crippen LogP contribution >= 0.6 is 0 Å². The predicted octanol–water partition coefficient (Wildman–Crippen LogP) is 6.40. The molecule has 0 saturated heterocycles. The average molecular weight is 459 g/mol. The highest BCUT2D eigenvalue weighted by atomic mass is 16.5. The summed E-state index contributed by atoms with van der Waals surface area (Å²) >= 11 is 0. The Morgan fingerprint density at radius 1 is 1.06 bits per heavy atom. The Balaban J connectivity index is 1.44. The predicted molar refractivity (Wildman–Crippen MR) is 131 cm³/mol. The van der Waals surface area contributed by atoms with Crippen molar-refractivity contribution in [3.8, 4) is 0 Å². The molecule has 33 heavy (non-hydrogen) atoms. The van der Waals surface area contributed by atoms with Gasteiger partial charge < -0.3 is 9.84 Å². The van der Waals surface area contributed by atoms with Gasteiger partial charge in [-0.2, -0.15) is 0 Å². The maximum Gasteiger partial charge on any atom is 0.302 e. The van der Waals surface area contributed by atoms with E-state index in [4.69, 9.17) is 9.84 Å². The van der Waals surface area contributed by atoms with Crippen molar-refractivity contribution in [1.82, 2.24) is 0 Å².